The van der Waals surface area contributed by atoms with Crippen LogP contribution in [0.2, 0.25) is 0 Å². The summed E-state index contributed by atoms with van der Waals surface area (Å²) < 4.78 is 5.74. The molecule has 5 atom stereocenters. The predicted molar refractivity (Wildman–Crippen MR) is 63.5 cm³/mol. The standard InChI is InChI=1S/C13H22O4/c1-9(14)4-5-13(16)11(2)6-10(15)7-12(13,3)17-8-11/h4-5,9-10,14-16H,6-8H2,1-3H3/b5-4+/t9-,10-,11?,12?,13-/m0/s1. The fourth-order valence-corrected chi connectivity index (χ4v) is 3.30. The van der Waals surface area contributed by atoms with Gasteiger partial charge in [-0.05, 0) is 20.3 Å². The van der Waals surface area contributed by atoms with Gasteiger partial charge in [0, 0.05) is 11.8 Å². The van der Waals surface area contributed by atoms with Gasteiger partial charge in [0.05, 0.1) is 18.8 Å². The number of hydrogen-bond donors (Lipinski definition) is 3. The Labute approximate surface area is 102 Å². The number of aliphatic hydroxyl groups excluding tert-OH is 2. The van der Waals surface area contributed by atoms with Crippen LogP contribution in [-0.4, -0.2) is 45.3 Å². The first-order chi connectivity index (χ1) is 7.72. The number of rotatable bonds is 2. The van der Waals surface area contributed by atoms with Crippen LogP contribution >= 0.6 is 0 Å². The molecule has 1 saturated carbocycles. The molecule has 2 unspecified atom stereocenters. The molecule has 4 nitrogen and oxygen atoms in total. The molecule has 0 amide bonds. The van der Waals surface area contributed by atoms with Crippen LogP contribution in [-0.2, 0) is 4.74 Å². The SMILES string of the molecule is C[C@H](O)/C=C/[C@]1(O)C2(C)COC1(C)C[C@@H](O)C2. The second kappa shape index (κ2) is 3.79. The van der Waals surface area contributed by atoms with E-state index in [-0.39, 0.29) is 0 Å². The Hall–Kier alpha value is -0.420. The van der Waals surface area contributed by atoms with Crippen molar-refractivity contribution in [1.82, 2.24) is 0 Å². The second-order valence-corrected chi connectivity index (χ2v) is 6.01. The highest BCUT2D eigenvalue weighted by Gasteiger charge is 2.67. The lowest BCUT2D eigenvalue weighted by molar-refractivity contribution is -0.150. The fourth-order valence-electron chi connectivity index (χ4n) is 3.30. The molecule has 0 aromatic rings. The monoisotopic (exact) mass is 242 g/mol. The van der Waals surface area contributed by atoms with E-state index < -0.39 is 28.8 Å². The molecular weight excluding hydrogens is 220 g/mol. The molecule has 0 spiro atoms. The smallest absolute Gasteiger partial charge is 0.119 e. The average molecular weight is 242 g/mol. The molecule has 4 heteroatoms. The van der Waals surface area contributed by atoms with Crippen LogP contribution in [0.3, 0.4) is 0 Å². The molecule has 0 radical (unpaired) electrons. The number of ether oxygens (including phenoxy) is 1. The molecule has 2 aliphatic rings. The van der Waals surface area contributed by atoms with Gasteiger partial charge >= 0.3 is 0 Å². The van der Waals surface area contributed by atoms with Crippen molar-refractivity contribution in [3.8, 4) is 0 Å². The summed E-state index contributed by atoms with van der Waals surface area (Å²) >= 11 is 0. The first-order valence-corrected chi connectivity index (χ1v) is 6.14. The minimum atomic E-state index is -1.13. The molecule has 1 aliphatic carbocycles. The molecule has 17 heavy (non-hydrogen) atoms. The number of fused-ring (bicyclic) bond motifs is 2. The van der Waals surface area contributed by atoms with Gasteiger partial charge in [-0.3, -0.25) is 0 Å². The van der Waals surface area contributed by atoms with E-state index >= 15 is 0 Å². The summed E-state index contributed by atoms with van der Waals surface area (Å²) in [5.74, 6) is 0. The first kappa shape index (κ1) is 13.0. The van der Waals surface area contributed by atoms with Gasteiger partial charge in [-0.15, -0.1) is 0 Å². The highest BCUT2D eigenvalue weighted by atomic mass is 16.5. The Balaban J connectivity index is 2.39. The van der Waals surface area contributed by atoms with Crippen molar-refractivity contribution in [2.75, 3.05) is 6.61 Å². The molecular formula is C13H22O4. The highest BCUT2D eigenvalue weighted by molar-refractivity contribution is 5.26. The maximum atomic E-state index is 10.9. The predicted octanol–water partition coefficient (Wildman–Crippen LogP) is 0.604. The zero-order chi connectivity index (χ0) is 12.9. The maximum Gasteiger partial charge on any atom is 0.119 e. The molecule has 1 saturated heterocycles. The van der Waals surface area contributed by atoms with E-state index in [2.05, 4.69) is 0 Å². The summed E-state index contributed by atoms with van der Waals surface area (Å²) in [4.78, 5) is 0. The number of hydrogen-bond acceptors (Lipinski definition) is 4. The van der Waals surface area contributed by atoms with Crippen molar-refractivity contribution in [3.63, 3.8) is 0 Å². The van der Waals surface area contributed by atoms with Crippen LogP contribution in [0.15, 0.2) is 12.2 Å². The van der Waals surface area contributed by atoms with Crippen LogP contribution in [0.4, 0.5) is 0 Å². The van der Waals surface area contributed by atoms with E-state index in [9.17, 15) is 15.3 Å². The third-order valence-electron chi connectivity index (χ3n) is 4.36. The molecule has 3 N–H and O–H groups in total. The Bertz CT molecular complexity index is 318. The lowest BCUT2D eigenvalue weighted by atomic mass is 9.59. The van der Waals surface area contributed by atoms with Crippen LogP contribution in [0.1, 0.15) is 33.6 Å². The number of aliphatic hydroxyl groups is 3. The van der Waals surface area contributed by atoms with Crippen LogP contribution in [0.25, 0.3) is 0 Å². The summed E-state index contributed by atoms with van der Waals surface area (Å²) in [5.41, 5.74) is -2.40. The summed E-state index contributed by atoms with van der Waals surface area (Å²) in [6, 6.07) is 0. The van der Waals surface area contributed by atoms with Crippen LogP contribution in [0.5, 0.6) is 0 Å². The summed E-state index contributed by atoms with van der Waals surface area (Å²) in [6.07, 6.45) is 3.14. The first-order valence-electron chi connectivity index (χ1n) is 6.14. The van der Waals surface area contributed by atoms with Gasteiger partial charge < -0.3 is 20.1 Å². The summed E-state index contributed by atoms with van der Waals surface area (Å²) in [6.45, 7) is 5.83. The van der Waals surface area contributed by atoms with E-state index in [1.54, 1.807) is 19.1 Å². The van der Waals surface area contributed by atoms with E-state index in [1.165, 1.54) is 0 Å². The highest BCUT2D eigenvalue weighted by Crippen LogP contribution is 2.57. The molecule has 2 rings (SSSR count). The Morgan fingerprint density at radius 1 is 1.35 bits per heavy atom. The van der Waals surface area contributed by atoms with E-state index in [4.69, 9.17) is 4.74 Å². The largest absolute Gasteiger partial charge is 0.393 e. The molecule has 1 aliphatic heterocycles. The van der Waals surface area contributed by atoms with E-state index in [0.29, 0.717) is 19.4 Å². The van der Waals surface area contributed by atoms with Gasteiger partial charge in [0.2, 0.25) is 0 Å². The van der Waals surface area contributed by atoms with Crippen molar-refractivity contribution in [2.45, 2.75) is 57.0 Å². The fraction of sp³-hybridized carbons (Fsp3) is 0.846. The topological polar surface area (TPSA) is 69.9 Å². The van der Waals surface area contributed by atoms with Gasteiger partial charge in [0.25, 0.3) is 0 Å². The van der Waals surface area contributed by atoms with Gasteiger partial charge in [-0.25, -0.2) is 0 Å². The van der Waals surface area contributed by atoms with E-state index in [1.807, 2.05) is 13.8 Å². The minimum Gasteiger partial charge on any atom is -0.393 e. The second-order valence-electron chi connectivity index (χ2n) is 6.01. The van der Waals surface area contributed by atoms with Gasteiger partial charge in [-0.2, -0.15) is 0 Å². The van der Waals surface area contributed by atoms with Crippen molar-refractivity contribution in [1.29, 1.82) is 0 Å². The van der Waals surface area contributed by atoms with Gasteiger partial charge in [-0.1, -0.05) is 19.1 Å². The molecule has 2 bridgehead atoms. The molecule has 1 heterocycles. The quantitative estimate of drug-likeness (QED) is 0.620. The molecule has 2 fully saturated rings. The lowest BCUT2D eigenvalue weighted by Gasteiger charge is -2.49. The van der Waals surface area contributed by atoms with Crippen molar-refractivity contribution < 1.29 is 20.1 Å². The van der Waals surface area contributed by atoms with Crippen molar-refractivity contribution in [3.05, 3.63) is 12.2 Å². The lowest BCUT2D eigenvalue weighted by Crippen LogP contribution is -2.61. The Morgan fingerprint density at radius 3 is 2.53 bits per heavy atom. The molecule has 98 valence electrons. The van der Waals surface area contributed by atoms with Gasteiger partial charge in [0.15, 0.2) is 0 Å². The average Bonchev–Trinajstić information content (AvgIpc) is 2.33. The van der Waals surface area contributed by atoms with E-state index in [0.717, 1.165) is 0 Å². The van der Waals surface area contributed by atoms with Crippen LogP contribution in [0, 0.1) is 5.41 Å². The minimum absolute atomic E-state index is 0.420. The summed E-state index contributed by atoms with van der Waals surface area (Å²) in [7, 11) is 0. The third-order valence-corrected chi connectivity index (χ3v) is 4.36. The Kier molecular flexibility index (Phi) is 2.90. The zero-order valence-electron chi connectivity index (χ0n) is 10.7. The zero-order valence-corrected chi connectivity index (χ0v) is 10.7. The third kappa shape index (κ3) is 1.74. The van der Waals surface area contributed by atoms with Crippen LogP contribution < -0.4 is 0 Å². The summed E-state index contributed by atoms with van der Waals surface area (Å²) in [5, 5.41) is 30.1. The maximum absolute atomic E-state index is 10.9. The molecule has 0 aromatic heterocycles. The van der Waals surface area contributed by atoms with Crippen molar-refractivity contribution in [2.24, 2.45) is 5.41 Å². The Morgan fingerprint density at radius 2 is 2.00 bits per heavy atom. The van der Waals surface area contributed by atoms with Gasteiger partial charge in [0.1, 0.15) is 11.2 Å². The normalized spacial score (nSPS) is 52.0. The molecule has 0 aromatic carbocycles. The van der Waals surface area contributed by atoms with Crippen molar-refractivity contribution >= 4 is 0 Å².